The third-order valence-electron chi connectivity index (χ3n) is 3.33. The molecule has 1 aliphatic rings. The van der Waals surface area contributed by atoms with E-state index in [0.29, 0.717) is 17.3 Å². The van der Waals surface area contributed by atoms with Gasteiger partial charge in [0.2, 0.25) is 0 Å². The molecule has 1 nitrogen and oxygen atoms in total. The fraction of sp³-hybridized carbons (Fsp3) is 1.00. The van der Waals surface area contributed by atoms with Crippen molar-refractivity contribution in [3.05, 3.63) is 0 Å². The van der Waals surface area contributed by atoms with Gasteiger partial charge in [0.1, 0.15) is 0 Å². The van der Waals surface area contributed by atoms with Gasteiger partial charge in [-0.1, -0.05) is 27.7 Å². The average molecular weight is 156 g/mol. The summed E-state index contributed by atoms with van der Waals surface area (Å²) in [6.45, 7) is 8.92. The lowest BCUT2D eigenvalue weighted by Crippen LogP contribution is -2.39. The highest BCUT2D eigenvalue weighted by Gasteiger charge is 2.37. The van der Waals surface area contributed by atoms with Gasteiger partial charge in [-0.05, 0) is 30.1 Å². The first kappa shape index (κ1) is 9.05. The van der Waals surface area contributed by atoms with E-state index in [1.807, 2.05) is 0 Å². The van der Waals surface area contributed by atoms with Gasteiger partial charge in [0, 0.05) is 0 Å². The van der Waals surface area contributed by atoms with Crippen LogP contribution in [-0.4, -0.2) is 11.2 Å². The maximum atomic E-state index is 9.68. The van der Waals surface area contributed by atoms with Crippen LogP contribution in [0.15, 0.2) is 0 Å². The molecule has 0 aromatic rings. The van der Waals surface area contributed by atoms with Gasteiger partial charge in [0.05, 0.1) is 6.10 Å². The zero-order valence-electron chi connectivity index (χ0n) is 8.09. The van der Waals surface area contributed by atoms with E-state index in [9.17, 15) is 5.11 Å². The zero-order chi connectivity index (χ0) is 8.65. The maximum absolute atomic E-state index is 9.68. The average Bonchev–Trinajstić information content (AvgIpc) is 1.81. The Bertz CT molecular complexity index is 140. The van der Waals surface area contributed by atoms with Gasteiger partial charge in [-0.25, -0.2) is 0 Å². The summed E-state index contributed by atoms with van der Waals surface area (Å²) in [4.78, 5) is 0. The summed E-state index contributed by atoms with van der Waals surface area (Å²) in [5.41, 5.74) is 0.330. The van der Waals surface area contributed by atoms with E-state index in [0.717, 1.165) is 6.42 Å². The Morgan fingerprint density at radius 3 is 2.27 bits per heavy atom. The second kappa shape index (κ2) is 2.78. The van der Waals surface area contributed by atoms with Crippen molar-refractivity contribution >= 4 is 0 Å². The van der Waals surface area contributed by atoms with Crippen molar-refractivity contribution in [3.8, 4) is 0 Å². The van der Waals surface area contributed by atoms with Gasteiger partial charge in [-0.15, -0.1) is 0 Å². The molecule has 1 rings (SSSR count). The highest BCUT2D eigenvalue weighted by atomic mass is 16.3. The maximum Gasteiger partial charge on any atom is 0.0573 e. The summed E-state index contributed by atoms with van der Waals surface area (Å²) < 4.78 is 0. The van der Waals surface area contributed by atoms with Crippen LogP contribution in [0.2, 0.25) is 0 Å². The number of aliphatic hydroxyl groups excluding tert-OH is 1. The highest BCUT2D eigenvalue weighted by Crippen LogP contribution is 2.42. The monoisotopic (exact) mass is 156 g/mol. The fourth-order valence-corrected chi connectivity index (χ4v) is 2.30. The van der Waals surface area contributed by atoms with E-state index in [2.05, 4.69) is 27.7 Å². The molecule has 1 saturated carbocycles. The van der Waals surface area contributed by atoms with E-state index in [4.69, 9.17) is 0 Å². The number of aliphatic hydroxyl groups is 1. The SMILES string of the molecule is CC1CC(O)C(C)C(C)(C)C1. The molecule has 0 radical (unpaired) electrons. The third-order valence-corrected chi connectivity index (χ3v) is 3.33. The van der Waals surface area contributed by atoms with Crippen LogP contribution in [0.5, 0.6) is 0 Å². The molecular weight excluding hydrogens is 136 g/mol. The third kappa shape index (κ3) is 1.76. The minimum atomic E-state index is -0.0752. The van der Waals surface area contributed by atoms with Crippen molar-refractivity contribution in [1.29, 1.82) is 0 Å². The largest absolute Gasteiger partial charge is 0.393 e. The Hall–Kier alpha value is -0.0400. The molecule has 0 aliphatic heterocycles. The molecule has 66 valence electrons. The van der Waals surface area contributed by atoms with Gasteiger partial charge in [0.25, 0.3) is 0 Å². The fourth-order valence-electron chi connectivity index (χ4n) is 2.30. The van der Waals surface area contributed by atoms with Gasteiger partial charge in [0.15, 0.2) is 0 Å². The first-order chi connectivity index (χ1) is 4.93. The van der Waals surface area contributed by atoms with Gasteiger partial charge >= 0.3 is 0 Å². The molecular formula is C10H20O. The van der Waals surface area contributed by atoms with Crippen LogP contribution in [-0.2, 0) is 0 Å². The van der Waals surface area contributed by atoms with Crippen LogP contribution in [0.3, 0.4) is 0 Å². The second-order valence-electron chi connectivity index (χ2n) is 4.89. The molecule has 1 fully saturated rings. The van der Waals surface area contributed by atoms with E-state index in [-0.39, 0.29) is 6.10 Å². The van der Waals surface area contributed by atoms with Gasteiger partial charge in [-0.3, -0.25) is 0 Å². The molecule has 0 spiro atoms. The standard InChI is InChI=1S/C10H20O/c1-7-5-9(11)8(2)10(3,4)6-7/h7-9,11H,5-6H2,1-4H3. The molecule has 1 aliphatic carbocycles. The Kier molecular flexibility index (Phi) is 2.29. The summed E-state index contributed by atoms with van der Waals surface area (Å²) in [7, 11) is 0. The first-order valence-corrected chi connectivity index (χ1v) is 4.61. The topological polar surface area (TPSA) is 20.2 Å². The van der Waals surface area contributed by atoms with E-state index < -0.39 is 0 Å². The molecule has 3 atom stereocenters. The predicted molar refractivity (Wildman–Crippen MR) is 47.3 cm³/mol. The lowest BCUT2D eigenvalue weighted by atomic mass is 9.65. The number of hydrogen-bond acceptors (Lipinski definition) is 1. The Balaban J connectivity index is 2.67. The van der Waals surface area contributed by atoms with Crippen molar-refractivity contribution in [2.75, 3.05) is 0 Å². The summed E-state index contributed by atoms with van der Waals surface area (Å²) in [6, 6.07) is 0. The van der Waals surface area contributed by atoms with E-state index >= 15 is 0 Å². The molecule has 0 amide bonds. The normalized spacial score (nSPS) is 43.9. The van der Waals surface area contributed by atoms with Crippen LogP contribution < -0.4 is 0 Å². The van der Waals surface area contributed by atoms with Crippen molar-refractivity contribution in [2.24, 2.45) is 17.3 Å². The van der Waals surface area contributed by atoms with Crippen molar-refractivity contribution in [2.45, 2.75) is 46.6 Å². The van der Waals surface area contributed by atoms with Crippen LogP contribution in [0.4, 0.5) is 0 Å². The van der Waals surface area contributed by atoms with Crippen LogP contribution in [0.1, 0.15) is 40.5 Å². The summed E-state index contributed by atoms with van der Waals surface area (Å²) in [5, 5.41) is 9.68. The van der Waals surface area contributed by atoms with Crippen molar-refractivity contribution in [3.63, 3.8) is 0 Å². The minimum Gasteiger partial charge on any atom is -0.393 e. The lowest BCUT2D eigenvalue weighted by Gasteiger charge is -2.42. The molecule has 0 bridgehead atoms. The molecule has 0 heterocycles. The summed E-state index contributed by atoms with van der Waals surface area (Å²) in [6.07, 6.45) is 2.17. The molecule has 11 heavy (non-hydrogen) atoms. The summed E-state index contributed by atoms with van der Waals surface area (Å²) in [5.74, 6) is 1.15. The van der Waals surface area contributed by atoms with Crippen LogP contribution in [0.25, 0.3) is 0 Å². The molecule has 0 aromatic carbocycles. The van der Waals surface area contributed by atoms with Crippen LogP contribution >= 0.6 is 0 Å². The molecule has 1 heteroatoms. The first-order valence-electron chi connectivity index (χ1n) is 4.61. The molecule has 3 unspecified atom stereocenters. The summed E-state index contributed by atoms with van der Waals surface area (Å²) >= 11 is 0. The quantitative estimate of drug-likeness (QED) is 0.571. The zero-order valence-corrected chi connectivity index (χ0v) is 8.09. The Morgan fingerprint density at radius 1 is 1.27 bits per heavy atom. The van der Waals surface area contributed by atoms with Gasteiger partial charge in [-0.2, -0.15) is 0 Å². The van der Waals surface area contributed by atoms with Gasteiger partial charge < -0.3 is 5.11 Å². The number of rotatable bonds is 0. The van der Waals surface area contributed by atoms with E-state index in [1.165, 1.54) is 6.42 Å². The molecule has 0 aromatic heterocycles. The second-order valence-corrected chi connectivity index (χ2v) is 4.89. The molecule has 0 saturated heterocycles. The lowest BCUT2D eigenvalue weighted by molar-refractivity contribution is -0.0205. The Morgan fingerprint density at radius 2 is 1.82 bits per heavy atom. The van der Waals surface area contributed by atoms with E-state index in [1.54, 1.807) is 0 Å². The Labute approximate surface area is 69.8 Å². The smallest absolute Gasteiger partial charge is 0.0573 e. The molecule has 1 N–H and O–H groups in total. The minimum absolute atomic E-state index is 0.0752. The van der Waals surface area contributed by atoms with Crippen molar-refractivity contribution < 1.29 is 5.11 Å². The van der Waals surface area contributed by atoms with Crippen molar-refractivity contribution in [1.82, 2.24) is 0 Å². The highest BCUT2D eigenvalue weighted by molar-refractivity contribution is 4.87. The number of hydrogen-bond donors (Lipinski definition) is 1. The van der Waals surface area contributed by atoms with Crippen LogP contribution in [0, 0.1) is 17.3 Å². The predicted octanol–water partition coefficient (Wildman–Crippen LogP) is 2.44.